The number of aromatic nitrogens is 1. The van der Waals surface area contributed by atoms with Gasteiger partial charge >= 0.3 is 4.87 Å². The Morgan fingerprint density at radius 3 is 2.68 bits per heavy atom. The quantitative estimate of drug-likeness (QED) is 0.696. The molecule has 5 atom stereocenters. The molecular formula is C22H19N3O4S2. The first kappa shape index (κ1) is 19.1. The molecule has 1 aromatic carbocycles. The van der Waals surface area contributed by atoms with Crippen LogP contribution < -0.4 is 10.2 Å². The van der Waals surface area contributed by atoms with Crippen LogP contribution in [0.1, 0.15) is 16.9 Å². The molecule has 3 heterocycles. The fourth-order valence-electron chi connectivity index (χ4n) is 5.62. The second-order valence-electron chi connectivity index (χ2n) is 8.63. The number of imide groups is 1. The van der Waals surface area contributed by atoms with E-state index in [4.69, 9.17) is 0 Å². The molecule has 4 aliphatic rings. The van der Waals surface area contributed by atoms with Crippen LogP contribution in [0.25, 0.3) is 6.08 Å². The SMILES string of the molecule is Cc1ccc(NC(=O)CN2C(=O)[C@H]3[C@H]4C[C@@H](C5=Cc6sc(=O)[nH]c6S[C@@H]54)[C@H]3C2=O)cc1. The Bertz CT molecular complexity index is 1230. The largest absolute Gasteiger partial charge is 0.325 e. The average Bonchev–Trinajstić information content (AvgIpc) is 3.45. The van der Waals surface area contributed by atoms with Gasteiger partial charge in [-0.05, 0) is 43.4 Å². The van der Waals surface area contributed by atoms with Crippen LogP contribution in [0.4, 0.5) is 5.69 Å². The van der Waals surface area contributed by atoms with Crippen LogP contribution in [0, 0.1) is 30.6 Å². The maximum atomic E-state index is 13.2. The number of nitrogens with one attached hydrogen (secondary N) is 2. The highest BCUT2D eigenvalue weighted by Gasteiger charge is 2.66. The lowest BCUT2D eigenvalue weighted by atomic mass is 9.77. The summed E-state index contributed by atoms with van der Waals surface area (Å²) in [6.07, 6.45) is 2.86. The van der Waals surface area contributed by atoms with Gasteiger partial charge in [0, 0.05) is 10.9 Å². The highest BCUT2D eigenvalue weighted by Crippen LogP contribution is 2.64. The maximum Gasteiger partial charge on any atom is 0.305 e. The third-order valence-electron chi connectivity index (χ3n) is 6.88. The summed E-state index contributed by atoms with van der Waals surface area (Å²) in [6, 6.07) is 7.38. The molecule has 31 heavy (non-hydrogen) atoms. The summed E-state index contributed by atoms with van der Waals surface area (Å²) >= 11 is 2.79. The number of hydrogen-bond acceptors (Lipinski definition) is 6. The Balaban J connectivity index is 1.23. The summed E-state index contributed by atoms with van der Waals surface area (Å²) in [6.45, 7) is 1.71. The van der Waals surface area contributed by atoms with Gasteiger partial charge in [0.25, 0.3) is 0 Å². The first-order valence-electron chi connectivity index (χ1n) is 10.2. The Hall–Kier alpha value is -2.65. The molecule has 0 radical (unpaired) electrons. The molecular weight excluding hydrogens is 434 g/mol. The van der Waals surface area contributed by atoms with Crippen molar-refractivity contribution in [1.82, 2.24) is 9.88 Å². The van der Waals surface area contributed by atoms with Crippen molar-refractivity contribution >= 4 is 52.6 Å². The molecule has 6 rings (SSSR count). The molecule has 7 nitrogen and oxygen atoms in total. The number of aryl methyl sites for hydroxylation is 1. The zero-order valence-corrected chi connectivity index (χ0v) is 18.2. The summed E-state index contributed by atoms with van der Waals surface area (Å²) in [4.78, 5) is 55.5. The van der Waals surface area contributed by atoms with E-state index in [0.29, 0.717) is 5.69 Å². The molecule has 0 unspecified atom stereocenters. The summed E-state index contributed by atoms with van der Waals surface area (Å²) < 4.78 is 0. The Morgan fingerprint density at radius 2 is 1.90 bits per heavy atom. The number of hydrogen-bond donors (Lipinski definition) is 2. The maximum absolute atomic E-state index is 13.2. The number of aromatic amines is 1. The number of rotatable bonds is 3. The number of benzene rings is 1. The number of amides is 3. The number of carbonyl (C=O) groups is 3. The molecule has 2 bridgehead atoms. The molecule has 2 aromatic rings. The van der Waals surface area contributed by atoms with Crippen LogP contribution in [-0.4, -0.2) is 39.4 Å². The van der Waals surface area contributed by atoms with Gasteiger partial charge in [-0.15, -0.1) is 0 Å². The summed E-state index contributed by atoms with van der Waals surface area (Å²) in [5.74, 6) is -1.52. The van der Waals surface area contributed by atoms with Gasteiger partial charge < -0.3 is 10.3 Å². The van der Waals surface area contributed by atoms with E-state index in [0.717, 1.165) is 26.8 Å². The number of anilines is 1. The lowest BCUT2D eigenvalue weighted by molar-refractivity contribution is -0.143. The fourth-order valence-corrected chi connectivity index (χ4v) is 8.06. The molecule has 1 saturated heterocycles. The zero-order valence-electron chi connectivity index (χ0n) is 16.6. The van der Waals surface area contributed by atoms with Crippen molar-refractivity contribution in [2.24, 2.45) is 23.7 Å². The van der Waals surface area contributed by atoms with Gasteiger partial charge in [0.2, 0.25) is 17.7 Å². The van der Waals surface area contributed by atoms with E-state index >= 15 is 0 Å². The highest BCUT2D eigenvalue weighted by molar-refractivity contribution is 8.00. The monoisotopic (exact) mass is 453 g/mol. The topological polar surface area (TPSA) is 99.3 Å². The third-order valence-corrected chi connectivity index (χ3v) is 9.27. The van der Waals surface area contributed by atoms with Gasteiger partial charge in [0.1, 0.15) is 6.54 Å². The Kier molecular flexibility index (Phi) is 4.10. The van der Waals surface area contributed by atoms with E-state index in [2.05, 4.69) is 10.3 Å². The lowest BCUT2D eigenvalue weighted by Gasteiger charge is -2.32. The van der Waals surface area contributed by atoms with E-state index < -0.39 is 0 Å². The molecule has 2 aliphatic heterocycles. The highest BCUT2D eigenvalue weighted by atomic mass is 32.2. The Labute approximate surface area is 185 Å². The zero-order chi connectivity index (χ0) is 21.4. The molecule has 3 amide bonds. The molecule has 3 fully saturated rings. The first-order chi connectivity index (χ1) is 14.9. The van der Waals surface area contributed by atoms with Gasteiger partial charge in [-0.3, -0.25) is 24.1 Å². The van der Waals surface area contributed by atoms with Crippen molar-refractivity contribution < 1.29 is 14.4 Å². The number of H-pyrrole nitrogens is 1. The van der Waals surface area contributed by atoms with Gasteiger partial charge in [0.15, 0.2) is 0 Å². The first-order valence-corrected chi connectivity index (χ1v) is 11.9. The molecule has 2 aliphatic carbocycles. The Morgan fingerprint density at radius 1 is 1.16 bits per heavy atom. The predicted molar refractivity (Wildman–Crippen MR) is 118 cm³/mol. The van der Waals surface area contributed by atoms with E-state index in [-0.39, 0.29) is 58.1 Å². The van der Waals surface area contributed by atoms with Crippen LogP contribution in [-0.2, 0) is 14.4 Å². The van der Waals surface area contributed by atoms with Gasteiger partial charge in [-0.25, -0.2) is 0 Å². The van der Waals surface area contributed by atoms with Crippen molar-refractivity contribution in [3.05, 3.63) is 49.9 Å². The number of thiazole rings is 1. The predicted octanol–water partition coefficient (Wildman–Crippen LogP) is 2.49. The molecule has 2 N–H and O–H groups in total. The minimum atomic E-state index is -0.384. The minimum Gasteiger partial charge on any atom is -0.325 e. The summed E-state index contributed by atoms with van der Waals surface area (Å²) in [5, 5.41) is 3.74. The fraction of sp³-hybridized carbons (Fsp3) is 0.364. The third kappa shape index (κ3) is 2.79. The van der Waals surface area contributed by atoms with Crippen LogP contribution in [0.2, 0.25) is 0 Å². The van der Waals surface area contributed by atoms with Crippen molar-refractivity contribution in [2.45, 2.75) is 23.6 Å². The van der Waals surface area contributed by atoms with Crippen LogP contribution in [0.15, 0.2) is 39.7 Å². The smallest absolute Gasteiger partial charge is 0.305 e. The van der Waals surface area contributed by atoms with Crippen molar-refractivity contribution in [3.63, 3.8) is 0 Å². The van der Waals surface area contributed by atoms with E-state index in [1.165, 1.54) is 16.9 Å². The molecule has 9 heteroatoms. The van der Waals surface area contributed by atoms with Crippen LogP contribution in [0.3, 0.4) is 0 Å². The molecule has 2 saturated carbocycles. The molecule has 158 valence electrons. The molecule has 0 spiro atoms. The van der Waals surface area contributed by atoms with E-state index in [1.54, 1.807) is 23.9 Å². The van der Waals surface area contributed by atoms with Crippen LogP contribution in [0.5, 0.6) is 0 Å². The second kappa shape index (κ2) is 6.67. The number of fused-ring (bicyclic) bond motifs is 9. The summed E-state index contributed by atoms with van der Waals surface area (Å²) in [5.41, 5.74) is 2.90. The lowest BCUT2D eigenvalue weighted by Crippen LogP contribution is -2.39. The van der Waals surface area contributed by atoms with E-state index in [9.17, 15) is 19.2 Å². The standard InChI is InChI=1S/C22H19N3O4S2/c1-9-2-4-10(5-3-9)23-15(26)8-25-20(27)16-11-6-13(17(16)21(25)28)18-12(11)7-14-19(31-18)24-22(29)30-14/h2-5,7,11,13,16-18H,6,8H2,1H3,(H,23,26)(H,24,29)/t11-,13+,16+,17-,18-/m0/s1. The summed E-state index contributed by atoms with van der Waals surface area (Å²) in [7, 11) is 0. The van der Waals surface area contributed by atoms with Gasteiger partial charge in [-0.2, -0.15) is 0 Å². The van der Waals surface area contributed by atoms with E-state index in [1.807, 2.05) is 25.1 Å². The van der Waals surface area contributed by atoms with Crippen LogP contribution >= 0.6 is 23.1 Å². The van der Waals surface area contributed by atoms with Crippen molar-refractivity contribution in [2.75, 3.05) is 11.9 Å². The number of carbonyl (C=O) groups excluding carboxylic acids is 3. The second-order valence-corrected chi connectivity index (χ2v) is 10.8. The van der Waals surface area contributed by atoms with Crippen molar-refractivity contribution in [3.8, 4) is 0 Å². The molecule has 1 aromatic heterocycles. The van der Waals surface area contributed by atoms with Gasteiger partial charge in [0.05, 0.1) is 21.7 Å². The average molecular weight is 454 g/mol. The normalized spacial score (nSPS) is 30.2. The minimum absolute atomic E-state index is 0.0134. The van der Waals surface area contributed by atoms with Gasteiger partial charge in [-0.1, -0.05) is 46.4 Å². The number of nitrogens with zero attached hydrogens (tertiary/aromatic N) is 1. The van der Waals surface area contributed by atoms with Crippen molar-refractivity contribution in [1.29, 1.82) is 0 Å². The number of likely N-dealkylation sites (tertiary alicyclic amines) is 1. The number of thioether (sulfide) groups is 1.